The highest BCUT2D eigenvalue weighted by Gasteiger charge is 2.40. The Morgan fingerprint density at radius 1 is 1.43 bits per heavy atom. The molecule has 1 aliphatic rings. The van der Waals surface area contributed by atoms with Crippen molar-refractivity contribution in [2.75, 3.05) is 7.05 Å². The molecule has 1 rings (SSSR count). The molecule has 2 amide bonds. The summed E-state index contributed by atoms with van der Waals surface area (Å²) < 4.78 is 0. The van der Waals surface area contributed by atoms with Crippen molar-refractivity contribution in [2.45, 2.75) is 45.2 Å². The molecule has 0 aromatic heterocycles. The number of likely N-dealkylation sites (tertiary alicyclic amines) is 1. The Morgan fingerprint density at radius 2 is 2.00 bits per heavy atom. The monoisotopic (exact) mass is 198 g/mol. The lowest BCUT2D eigenvalue weighted by Gasteiger charge is -2.24. The van der Waals surface area contributed by atoms with Crippen LogP contribution in [0.15, 0.2) is 0 Å². The highest BCUT2D eigenvalue weighted by atomic mass is 16.2. The first-order chi connectivity index (χ1) is 6.65. The number of likely N-dealkylation sites (N-methyl/N-ethyl adjacent to an activating group) is 1. The van der Waals surface area contributed by atoms with Crippen LogP contribution in [0.2, 0.25) is 0 Å². The van der Waals surface area contributed by atoms with Crippen molar-refractivity contribution in [2.24, 2.45) is 0 Å². The van der Waals surface area contributed by atoms with Crippen molar-refractivity contribution in [1.29, 1.82) is 0 Å². The van der Waals surface area contributed by atoms with Gasteiger partial charge in [0.25, 0.3) is 0 Å². The van der Waals surface area contributed by atoms with E-state index in [1.54, 1.807) is 7.05 Å². The van der Waals surface area contributed by atoms with Crippen LogP contribution in [0.1, 0.15) is 33.1 Å². The van der Waals surface area contributed by atoms with E-state index in [9.17, 15) is 9.59 Å². The van der Waals surface area contributed by atoms with E-state index in [0.29, 0.717) is 6.42 Å². The molecule has 0 spiro atoms. The number of hydrogen-bond acceptors (Lipinski definition) is 3. The second kappa shape index (κ2) is 4.55. The third-order valence-electron chi connectivity index (χ3n) is 2.84. The van der Waals surface area contributed by atoms with Crippen LogP contribution in [-0.4, -0.2) is 35.8 Å². The number of hydrogen-bond donors (Lipinski definition) is 1. The van der Waals surface area contributed by atoms with Crippen LogP contribution in [0, 0.1) is 0 Å². The summed E-state index contributed by atoms with van der Waals surface area (Å²) in [4.78, 5) is 24.8. The molecular weight excluding hydrogens is 180 g/mol. The van der Waals surface area contributed by atoms with E-state index < -0.39 is 0 Å². The fourth-order valence-corrected chi connectivity index (χ4v) is 1.91. The van der Waals surface area contributed by atoms with Gasteiger partial charge in [0.2, 0.25) is 11.8 Å². The van der Waals surface area contributed by atoms with E-state index >= 15 is 0 Å². The number of rotatable bonds is 4. The van der Waals surface area contributed by atoms with E-state index in [0.717, 1.165) is 12.8 Å². The molecule has 1 aliphatic heterocycles. The molecule has 4 heteroatoms. The van der Waals surface area contributed by atoms with E-state index in [-0.39, 0.29) is 23.9 Å². The van der Waals surface area contributed by atoms with Gasteiger partial charge in [-0.2, -0.15) is 0 Å². The van der Waals surface area contributed by atoms with Gasteiger partial charge in [0.1, 0.15) is 0 Å². The number of nitrogens with zero attached hydrogens (tertiary/aromatic N) is 1. The number of imide groups is 1. The summed E-state index contributed by atoms with van der Waals surface area (Å²) in [5, 5.41) is 2.87. The van der Waals surface area contributed by atoms with E-state index in [4.69, 9.17) is 0 Å². The van der Waals surface area contributed by atoms with E-state index in [1.807, 2.05) is 13.8 Å². The molecule has 80 valence electrons. The van der Waals surface area contributed by atoms with Crippen LogP contribution in [0.25, 0.3) is 0 Å². The highest BCUT2D eigenvalue weighted by molar-refractivity contribution is 6.05. The summed E-state index contributed by atoms with van der Waals surface area (Å²) in [6, 6.07) is -0.226. The molecule has 0 aliphatic carbocycles. The molecule has 4 nitrogen and oxygen atoms in total. The second-order valence-electron chi connectivity index (χ2n) is 3.62. The molecule has 1 atom stereocenters. The third-order valence-corrected chi connectivity index (χ3v) is 2.84. The molecule has 1 fully saturated rings. The maximum absolute atomic E-state index is 11.7. The largest absolute Gasteiger partial charge is 0.308 e. The smallest absolute Gasteiger partial charge is 0.247 e. The zero-order valence-corrected chi connectivity index (χ0v) is 9.04. The minimum absolute atomic E-state index is 0.0388. The Morgan fingerprint density at radius 3 is 2.36 bits per heavy atom. The molecule has 1 saturated heterocycles. The van der Waals surface area contributed by atoms with Gasteiger partial charge in [-0.25, -0.2) is 0 Å². The molecular formula is C10H18N2O2. The molecule has 0 aromatic rings. The van der Waals surface area contributed by atoms with Crippen molar-refractivity contribution in [3.05, 3.63) is 0 Å². The van der Waals surface area contributed by atoms with Gasteiger partial charge in [-0.1, -0.05) is 13.8 Å². The number of carbonyl (C=O) groups excluding carboxylic acids is 2. The summed E-state index contributed by atoms with van der Waals surface area (Å²) in [7, 11) is 1.71. The Balaban J connectivity index is 2.78. The first kappa shape index (κ1) is 11.2. The molecule has 1 N–H and O–H groups in total. The molecule has 0 radical (unpaired) electrons. The highest BCUT2D eigenvalue weighted by Crippen LogP contribution is 2.19. The van der Waals surface area contributed by atoms with Crippen molar-refractivity contribution in [3.8, 4) is 0 Å². The van der Waals surface area contributed by atoms with Crippen molar-refractivity contribution in [3.63, 3.8) is 0 Å². The SMILES string of the molecule is CCC(CC)N1C(=O)CC(NC)C1=O. The normalized spacial score (nSPS) is 22.6. The lowest BCUT2D eigenvalue weighted by molar-refractivity contribution is -0.141. The van der Waals surface area contributed by atoms with Gasteiger partial charge in [-0.05, 0) is 19.9 Å². The summed E-state index contributed by atoms with van der Waals surface area (Å²) in [6.45, 7) is 4.00. The minimum atomic E-state index is -0.303. The molecule has 14 heavy (non-hydrogen) atoms. The van der Waals surface area contributed by atoms with Crippen LogP contribution >= 0.6 is 0 Å². The average Bonchev–Trinajstić information content (AvgIpc) is 2.46. The Hall–Kier alpha value is -0.900. The van der Waals surface area contributed by atoms with Crippen LogP contribution < -0.4 is 5.32 Å². The van der Waals surface area contributed by atoms with Crippen molar-refractivity contribution in [1.82, 2.24) is 10.2 Å². The maximum Gasteiger partial charge on any atom is 0.247 e. The summed E-state index contributed by atoms with van der Waals surface area (Å²) in [5.41, 5.74) is 0. The van der Waals surface area contributed by atoms with Crippen LogP contribution in [0.4, 0.5) is 0 Å². The predicted molar refractivity (Wildman–Crippen MR) is 53.7 cm³/mol. The van der Waals surface area contributed by atoms with Gasteiger partial charge in [-0.15, -0.1) is 0 Å². The molecule has 0 aromatic carbocycles. The first-order valence-corrected chi connectivity index (χ1v) is 5.18. The number of carbonyl (C=O) groups is 2. The van der Waals surface area contributed by atoms with Gasteiger partial charge in [0.15, 0.2) is 0 Å². The van der Waals surface area contributed by atoms with Gasteiger partial charge in [0.05, 0.1) is 12.5 Å². The second-order valence-corrected chi connectivity index (χ2v) is 3.62. The number of amides is 2. The standard InChI is InChI=1S/C10H18N2O2/c1-4-7(5-2)12-9(13)6-8(11-3)10(12)14/h7-8,11H,4-6H2,1-3H3. The van der Waals surface area contributed by atoms with Gasteiger partial charge < -0.3 is 5.32 Å². The van der Waals surface area contributed by atoms with Crippen LogP contribution in [-0.2, 0) is 9.59 Å². The van der Waals surface area contributed by atoms with E-state index in [2.05, 4.69) is 5.32 Å². The zero-order chi connectivity index (χ0) is 10.7. The molecule has 0 saturated carbocycles. The minimum Gasteiger partial charge on any atom is -0.308 e. The predicted octanol–water partition coefficient (Wildman–Crippen LogP) is 0.522. The van der Waals surface area contributed by atoms with Crippen molar-refractivity contribution >= 4 is 11.8 Å². The Bertz CT molecular complexity index is 236. The fourth-order valence-electron chi connectivity index (χ4n) is 1.91. The first-order valence-electron chi connectivity index (χ1n) is 5.18. The summed E-state index contributed by atoms with van der Waals surface area (Å²) in [5.74, 6) is -0.103. The number of nitrogens with one attached hydrogen (secondary N) is 1. The molecule has 1 unspecified atom stereocenters. The maximum atomic E-state index is 11.7. The summed E-state index contributed by atoms with van der Waals surface area (Å²) >= 11 is 0. The zero-order valence-electron chi connectivity index (χ0n) is 9.04. The summed E-state index contributed by atoms with van der Waals surface area (Å²) in [6.07, 6.45) is 1.99. The van der Waals surface area contributed by atoms with Crippen LogP contribution in [0.3, 0.4) is 0 Å². The third kappa shape index (κ3) is 1.80. The van der Waals surface area contributed by atoms with Gasteiger partial charge in [-0.3, -0.25) is 14.5 Å². The van der Waals surface area contributed by atoms with E-state index in [1.165, 1.54) is 4.90 Å². The molecule has 0 bridgehead atoms. The quantitative estimate of drug-likeness (QED) is 0.670. The van der Waals surface area contributed by atoms with Gasteiger partial charge in [0, 0.05) is 6.04 Å². The lowest BCUT2D eigenvalue weighted by Crippen LogP contribution is -2.42. The average molecular weight is 198 g/mol. The van der Waals surface area contributed by atoms with Gasteiger partial charge >= 0.3 is 0 Å². The van der Waals surface area contributed by atoms with Crippen LogP contribution in [0.5, 0.6) is 0 Å². The Labute approximate surface area is 84.7 Å². The topological polar surface area (TPSA) is 49.4 Å². The molecule has 1 heterocycles. The van der Waals surface area contributed by atoms with Crippen molar-refractivity contribution < 1.29 is 9.59 Å². The Kier molecular flexibility index (Phi) is 3.63. The lowest BCUT2D eigenvalue weighted by atomic mass is 10.1. The fraction of sp³-hybridized carbons (Fsp3) is 0.800.